The van der Waals surface area contributed by atoms with Gasteiger partial charge in [0.05, 0.1) is 5.92 Å². The van der Waals surface area contributed by atoms with Gasteiger partial charge in [-0.15, -0.1) is 0 Å². The fraction of sp³-hybridized carbons (Fsp3) is 0.385. The molecule has 4 N–H and O–H groups in total. The Morgan fingerprint density at radius 2 is 1.50 bits per heavy atom. The van der Waals surface area contributed by atoms with Crippen LogP contribution < -0.4 is 16.4 Å². The zero-order valence-corrected chi connectivity index (χ0v) is 10.9. The molecule has 0 fully saturated rings. The molecule has 2 unspecified atom stereocenters. The van der Waals surface area contributed by atoms with Crippen molar-refractivity contribution in [3.8, 4) is 0 Å². The fourth-order valence-corrected chi connectivity index (χ4v) is 1.34. The van der Waals surface area contributed by atoms with Crippen molar-refractivity contribution in [3.05, 3.63) is 24.3 Å². The lowest BCUT2D eigenvalue weighted by atomic mass is 10.0. The third kappa shape index (κ3) is 4.18. The Hall–Kier alpha value is -1.88. The van der Waals surface area contributed by atoms with Crippen LogP contribution in [0.5, 0.6) is 0 Å². The first-order valence-corrected chi connectivity index (χ1v) is 5.84. The van der Waals surface area contributed by atoms with Crippen molar-refractivity contribution < 1.29 is 9.59 Å². The predicted molar refractivity (Wildman–Crippen MR) is 72.2 cm³/mol. The summed E-state index contributed by atoms with van der Waals surface area (Å²) < 4.78 is 0. The Morgan fingerprint density at radius 1 is 1.06 bits per heavy atom. The van der Waals surface area contributed by atoms with E-state index in [2.05, 4.69) is 10.6 Å². The van der Waals surface area contributed by atoms with E-state index in [1.54, 1.807) is 38.1 Å². The Balaban J connectivity index is 2.63. The Morgan fingerprint density at radius 3 is 1.89 bits per heavy atom. The molecule has 1 rings (SSSR count). The van der Waals surface area contributed by atoms with Gasteiger partial charge in [0.25, 0.3) is 0 Å². The van der Waals surface area contributed by atoms with Gasteiger partial charge in [-0.2, -0.15) is 0 Å². The van der Waals surface area contributed by atoms with Crippen LogP contribution in [0.4, 0.5) is 11.4 Å². The van der Waals surface area contributed by atoms with E-state index in [1.165, 1.54) is 6.92 Å². The normalized spacial score (nSPS) is 13.6. The van der Waals surface area contributed by atoms with Crippen molar-refractivity contribution in [1.29, 1.82) is 0 Å². The van der Waals surface area contributed by atoms with Crippen LogP contribution in [0.2, 0.25) is 0 Å². The van der Waals surface area contributed by atoms with Crippen LogP contribution in [0.1, 0.15) is 20.8 Å². The summed E-state index contributed by atoms with van der Waals surface area (Å²) in [6, 6.07) is 6.73. The van der Waals surface area contributed by atoms with Crippen LogP contribution in [-0.2, 0) is 9.59 Å². The van der Waals surface area contributed by atoms with Gasteiger partial charge >= 0.3 is 0 Å². The maximum atomic E-state index is 11.8. The van der Waals surface area contributed by atoms with Crippen LogP contribution in [0.3, 0.4) is 0 Å². The van der Waals surface area contributed by atoms with Gasteiger partial charge in [0, 0.05) is 24.3 Å². The number of benzene rings is 1. The van der Waals surface area contributed by atoms with Crippen LogP contribution in [0.15, 0.2) is 24.3 Å². The van der Waals surface area contributed by atoms with Gasteiger partial charge in [-0.25, -0.2) is 0 Å². The number of anilines is 2. The summed E-state index contributed by atoms with van der Waals surface area (Å²) in [5.41, 5.74) is 7.04. The monoisotopic (exact) mass is 249 g/mol. The minimum absolute atomic E-state index is 0.114. The largest absolute Gasteiger partial charge is 0.327 e. The molecule has 2 atom stereocenters. The van der Waals surface area contributed by atoms with Gasteiger partial charge in [-0.3, -0.25) is 9.59 Å². The Labute approximate surface area is 107 Å². The highest BCUT2D eigenvalue weighted by Gasteiger charge is 2.16. The highest BCUT2D eigenvalue weighted by Crippen LogP contribution is 2.14. The van der Waals surface area contributed by atoms with E-state index in [9.17, 15) is 9.59 Å². The Bertz CT molecular complexity index is 426. The van der Waals surface area contributed by atoms with E-state index in [-0.39, 0.29) is 23.8 Å². The molecule has 0 heterocycles. The molecule has 0 bridgehead atoms. The van der Waals surface area contributed by atoms with E-state index in [4.69, 9.17) is 5.73 Å². The molecule has 0 saturated heterocycles. The summed E-state index contributed by atoms with van der Waals surface area (Å²) in [6.45, 7) is 5.02. The topological polar surface area (TPSA) is 84.2 Å². The lowest BCUT2D eigenvalue weighted by molar-refractivity contribution is -0.119. The van der Waals surface area contributed by atoms with Crippen LogP contribution in [-0.4, -0.2) is 17.9 Å². The molecule has 2 amide bonds. The number of nitrogens with two attached hydrogens (primary N) is 1. The van der Waals surface area contributed by atoms with E-state index in [0.717, 1.165) is 0 Å². The minimum atomic E-state index is -0.250. The van der Waals surface area contributed by atoms with Crippen LogP contribution in [0.25, 0.3) is 0 Å². The average molecular weight is 249 g/mol. The second-order valence-electron chi connectivity index (χ2n) is 4.40. The van der Waals surface area contributed by atoms with Gasteiger partial charge in [-0.05, 0) is 31.2 Å². The van der Waals surface area contributed by atoms with Gasteiger partial charge in [0.15, 0.2) is 0 Å². The molecule has 0 aromatic heterocycles. The first-order valence-electron chi connectivity index (χ1n) is 5.84. The molecule has 1 aromatic rings. The van der Waals surface area contributed by atoms with E-state index in [1.807, 2.05) is 0 Å². The van der Waals surface area contributed by atoms with Crippen molar-refractivity contribution in [1.82, 2.24) is 0 Å². The van der Waals surface area contributed by atoms with E-state index < -0.39 is 0 Å². The first kappa shape index (κ1) is 14.2. The summed E-state index contributed by atoms with van der Waals surface area (Å²) in [5, 5.41) is 5.43. The maximum absolute atomic E-state index is 11.8. The predicted octanol–water partition coefficient (Wildman–Crippen LogP) is 1.57. The first-order chi connectivity index (χ1) is 8.40. The molecule has 0 saturated carbocycles. The summed E-state index contributed by atoms with van der Waals surface area (Å²) in [4.78, 5) is 22.6. The second-order valence-corrected chi connectivity index (χ2v) is 4.40. The molecule has 0 radical (unpaired) electrons. The SMILES string of the molecule is CC(=O)Nc1ccc(NC(=O)C(C)C(C)N)cc1. The van der Waals surface area contributed by atoms with Gasteiger partial charge in [-0.1, -0.05) is 6.92 Å². The summed E-state index contributed by atoms with van der Waals surface area (Å²) in [5.74, 6) is -0.491. The summed E-state index contributed by atoms with van der Waals surface area (Å²) in [6.07, 6.45) is 0. The highest BCUT2D eigenvalue weighted by molar-refractivity contribution is 5.93. The fourth-order valence-electron chi connectivity index (χ4n) is 1.34. The van der Waals surface area contributed by atoms with Crippen molar-refractivity contribution in [3.63, 3.8) is 0 Å². The number of carbonyl (C=O) groups excluding carboxylic acids is 2. The smallest absolute Gasteiger partial charge is 0.228 e. The van der Waals surface area contributed by atoms with Gasteiger partial charge < -0.3 is 16.4 Å². The number of hydrogen-bond acceptors (Lipinski definition) is 3. The quantitative estimate of drug-likeness (QED) is 0.757. The third-order valence-electron chi connectivity index (χ3n) is 2.68. The molecule has 1 aromatic carbocycles. The van der Waals surface area contributed by atoms with Crippen molar-refractivity contribution in [2.24, 2.45) is 11.7 Å². The number of rotatable bonds is 4. The van der Waals surface area contributed by atoms with Crippen molar-refractivity contribution >= 4 is 23.2 Å². The summed E-state index contributed by atoms with van der Waals surface area (Å²) >= 11 is 0. The number of amides is 2. The maximum Gasteiger partial charge on any atom is 0.228 e. The van der Waals surface area contributed by atoms with Gasteiger partial charge in [0.1, 0.15) is 0 Å². The lowest BCUT2D eigenvalue weighted by Crippen LogP contribution is -2.34. The molecule has 0 aliphatic rings. The molecule has 5 heteroatoms. The zero-order valence-electron chi connectivity index (χ0n) is 10.9. The average Bonchev–Trinajstić information content (AvgIpc) is 2.29. The molecule has 0 spiro atoms. The van der Waals surface area contributed by atoms with Crippen LogP contribution in [0, 0.1) is 5.92 Å². The van der Waals surface area contributed by atoms with Gasteiger partial charge in [0.2, 0.25) is 11.8 Å². The van der Waals surface area contributed by atoms with Crippen molar-refractivity contribution in [2.45, 2.75) is 26.8 Å². The molecule has 5 nitrogen and oxygen atoms in total. The number of hydrogen-bond donors (Lipinski definition) is 3. The molecule has 0 aliphatic carbocycles. The minimum Gasteiger partial charge on any atom is -0.327 e. The number of nitrogens with one attached hydrogen (secondary N) is 2. The third-order valence-corrected chi connectivity index (χ3v) is 2.68. The molecular formula is C13H19N3O2. The van der Waals surface area contributed by atoms with E-state index >= 15 is 0 Å². The standard InChI is InChI=1S/C13H19N3O2/c1-8(9(2)14)13(18)16-12-6-4-11(5-7-12)15-10(3)17/h4-9H,14H2,1-3H3,(H,15,17)(H,16,18). The molecule has 18 heavy (non-hydrogen) atoms. The molecular weight excluding hydrogens is 230 g/mol. The second kappa shape index (κ2) is 6.16. The zero-order chi connectivity index (χ0) is 13.7. The molecule has 0 aliphatic heterocycles. The highest BCUT2D eigenvalue weighted by atomic mass is 16.2. The van der Waals surface area contributed by atoms with Crippen LogP contribution >= 0.6 is 0 Å². The number of carbonyl (C=O) groups is 2. The summed E-state index contributed by atoms with van der Waals surface area (Å²) in [7, 11) is 0. The van der Waals surface area contributed by atoms with E-state index in [0.29, 0.717) is 11.4 Å². The Kier molecular flexibility index (Phi) is 4.85. The lowest BCUT2D eigenvalue weighted by Gasteiger charge is -2.15. The molecule has 98 valence electrons. The van der Waals surface area contributed by atoms with Crippen molar-refractivity contribution in [2.75, 3.05) is 10.6 Å².